The number of H-pyrrole nitrogens is 1. The van der Waals surface area contributed by atoms with Crippen molar-refractivity contribution in [2.24, 2.45) is 0 Å². The predicted octanol–water partition coefficient (Wildman–Crippen LogP) is 1.26. The van der Waals surface area contributed by atoms with Crippen molar-refractivity contribution in [1.82, 2.24) is 4.98 Å². The summed E-state index contributed by atoms with van der Waals surface area (Å²) >= 11 is 0. The summed E-state index contributed by atoms with van der Waals surface area (Å²) in [5, 5.41) is 1.23. The Morgan fingerprint density at radius 1 is 1.40 bits per heavy atom. The highest BCUT2D eigenvalue weighted by Gasteiger charge is 2.23. The van der Waals surface area contributed by atoms with E-state index in [4.69, 9.17) is 4.74 Å². The number of ether oxygens (including phenoxy) is 1. The van der Waals surface area contributed by atoms with E-state index >= 15 is 0 Å². The molecule has 0 aliphatic heterocycles. The number of aromatic amines is 1. The highest BCUT2D eigenvalue weighted by Crippen LogP contribution is 2.02. The van der Waals surface area contributed by atoms with Gasteiger partial charge in [-0.25, -0.2) is 0 Å². The lowest BCUT2D eigenvalue weighted by atomic mass is 10.5. The van der Waals surface area contributed by atoms with E-state index in [1.54, 1.807) is 6.07 Å². The quantitative estimate of drug-likeness (QED) is 0.605. The van der Waals surface area contributed by atoms with Gasteiger partial charge < -0.3 is 9.72 Å². The lowest BCUT2D eigenvalue weighted by Crippen LogP contribution is -2.47. The predicted molar refractivity (Wildman–Crippen MR) is 65.3 cm³/mol. The van der Waals surface area contributed by atoms with Gasteiger partial charge in [-0.1, -0.05) is 26.1 Å². The minimum absolute atomic E-state index is 0.0435. The smallest absolute Gasteiger partial charge is 0.247 e. The molecule has 0 saturated heterocycles. The summed E-state index contributed by atoms with van der Waals surface area (Å²) in [7, 11) is -1.53. The third-order valence-electron chi connectivity index (χ3n) is 2.38. The van der Waals surface area contributed by atoms with Crippen LogP contribution in [0, 0.1) is 0 Å². The fourth-order valence-electron chi connectivity index (χ4n) is 1.39. The van der Waals surface area contributed by atoms with Gasteiger partial charge in [0.25, 0.3) is 0 Å². The van der Waals surface area contributed by atoms with Crippen LogP contribution in [0.3, 0.4) is 0 Å². The van der Waals surface area contributed by atoms with Crippen molar-refractivity contribution < 1.29 is 4.74 Å². The molecule has 3 nitrogen and oxygen atoms in total. The molecule has 0 aliphatic carbocycles. The fraction of sp³-hybridized carbons (Fsp3) is 0.545. The van der Waals surface area contributed by atoms with Gasteiger partial charge in [0.05, 0.1) is 0 Å². The van der Waals surface area contributed by atoms with Crippen LogP contribution in [-0.2, 0) is 4.74 Å². The third-order valence-corrected chi connectivity index (χ3v) is 5.18. The molecule has 1 aromatic rings. The first-order valence-electron chi connectivity index (χ1n) is 5.33. The van der Waals surface area contributed by atoms with E-state index in [0.29, 0.717) is 0 Å². The van der Waals surface area contributed by atoms with Gasteiger partial charge in [0.15, 0.2) is 0 Å². The zero-order valence-electron chi connectivity index (χ0n) is 9.67. The second-order valence-corrected chi connectivity index (χ2v) is 9.01. The molecule has 0 spiro atoms. The molecule has 1 heterocycles. The zero-order chi connectivity index (χ0) is 11.3. The molecule has 0 amide bonds. The molecule has 0 aliphatic rings. The molecule has 1 aromatic heterocycles. The molecular weight excluding hydrogens is 206 g/mol. The van der Waals surface area contributed by atoms with Gasteiger partial charge in [-0.05, 0) is 11.6 Å². The van der Waals surface area contributed by atoms with Crippen LogP contribution >= 0.6 is 0 Å². The second kappa shape index (κ2) is 5.28. The van der Waals surface area contributed by atoms with E-state index in [9.17, 15) is 4.79 Å². The molecular formula is C11H19NO2Si. The highest BCUT2D eigenvalue weighted by atomic mass is 28.3. The van der Waals surface area contributed by atoms with E-state index in [0.717, 1.165) is 19.3 Å². The van der Waals surface area contributed by atoms with Crippen LogP contribution in [0.4, 0.5) is 0 Å². The molecule has 0 atom stereocenters. The van der Waals surface area contributed by atoms with Crippen molar-refractivity contribution >= 4 is 13.3 Å². The van der Waals surface area contributed by atoms with Gasteiger partial charge >= 0.3 is 0 Å². The molecule has 0 aromatic carbocycles. The molecule has 1 rings (SSSR count). The maximum Gasteiger partial charge on any atom is 0.247 e. The van der Waals surface area contributed by atoms with E-state index in [2.05, 4.69) is 25.0 Å². The summed E-state index contributed by atoms with van der Waals surface area (Å²) in [5.41, 5.74) is -0.0435. The van der Waals surface area contributed by atoms with Crippen LogP contribution in [0.5, 0.6) is 0 Å². The molecule has 0 fully saturated rings. The first-order chi connectivity index (χ1) is 7.06. The number of pyridine rings is 1. The van der Waals surface area contributed by atoms with Gasteiger partial charge in [-0.2, -0.15) is 0 Å². The Morgan fingerprint density at radius 3 is 2.67 bits per heavy atom. The summed E-state index contributed by atoms with van der Waals surface area (Å²) in [6.45, 7) is 7.42. The Bertz CT molecular complexity index is 339. The van der Waals surface area contributed by atoms with E-state index < -0.39 is 8.07 Å². The highest BCUT2D eigenvalue weighted by molar-refractivity contribution is 6.89. The van der Waals surface area contributed by atoms with Gasteiger partial charge in [0.2, 0.25) is 5.56 Å². The summed E-state index contributed by atoms with van der Waals surface area (Å²) in [6, 6.07) is 3.50. The van der Waals surface area contributed by atoms with Crippen molar-refractivity contribution in [2.75, 3.05) is 12.8 Å². The van der Waals surface area contributed by atoms with Gasteiger partial charge in [0.1, 0.15) is 8.07 Å². The lowest BCUT2D eigenvalue weighted by Gasteiger charge is -2.22. The second-order valence-electron chi connectivity index (χ2n) is 4.38. The minimum Gasteiger partial charge on any atom is -0.384 e. The standard InChI is InChI=1S/C11H19NO2Si/c1-4-7-14-9-15(2,3)10-5-6-11(13)12-8-10/h5-6,8H,4,7,9H2,1-3H3,(H,12,13). The van der Waals surface area contributed by atoms with E-state index in [1.165, 1.54) is 5.19 Å². The first kappa shape index (κ1) is 12.2. The zero-order valence-corrected chi connectivity index (χ0v) is 10.7. The first-order valence-corrected chi connectivity index (χ1v) is 8.54. The molecule has 0 saturated carbocycles. The monoisotopic (exact) mass is 225 g/mol. The van der Waals surface area contributed by atoms with Crippen molar-refractivity contribution in [2.45, 2.75) is 26.4 Å². The van der Waals surface area contributed by atoms with Crippen molar-refractivity contribution in [1.29, 1.82) is 0 Å². The maximum atomic E-state index is 10.9. The number of hydrogen-bond donors (Lipinski definition) is 1. The number of rotatable bonds is 5. The SMILES string of the molecule is CCCOC[Si](C)(C)c1ccc(=O)[nH]c1. The van der Waals surface area contributed by atoms with Crippen LogP contribution in [0.1, 0.15) is 13.3 Å². The van der Waals surface area contributed by atoms with Gasteiger partial charge in [-0.15, -0.1) is 0 Å². The molecule has 1 N–H and O–H groups in total. The summed E-state index contributed by atoms with van der Waals surface area (Å²) in [5.74, 6) is 0. The number of aromatic nitrogens is 1. The molecule has 0 radical (unpaired) electrons. The largest absolute Gasteiger partial charge is 0.384 e. The summed E-state index contributed by atoms with van der Waals surface area (Å²) in [4.78, 5) is 13.7. The van der Waals surface area contributed by atoms with Crippen LogP contribution < -0.4 is 10.7 Å². The van der Waals surface area contributed by atoms with Crippen LogP contribution in [-0.4, -0.2) is 25.9 Å². The molecule has 15 heavy (non-hydrogen) atoms. The van der Waals surface area contributed by atoms with Crippen LogP contribution in [0.2, 0.25) is 13.1 Å². The maximum absolute atomic E-state index is 10.9. The Hall–Kier alpha value is -0.873. The Kier molecular flexibility index (Phi) is 4.29. The summed E-state index contributed by atoms with van der Waals surface area (Å²) < 4.78 is 5.60. The van der Waals surface area contributed by atoms with Gasteiger partial charge in [-0.3, -0.25) is 4.79 Å². The van der Waals surface area contributed by atoms with Crippen LogP contribution in [0.15, 0.2) is 23.1 Å². The number of hydrogen-bond acceptors (Lipinski definition) is 2. The molecule has 0 bridgehead atoms. The Labute approximate surface area is 91.5 Å². The van der Waals surface area contributed by atoms with Crippen molar-refractivity contribution in [3.05, 3.63) is 28.7 Å². The van der Waals surface area contributed by atoms with Crippen molar-refractivity contribution in [3.8, 4) is 0 Å². The Balaban J connectivity index is 2.67. The normalized spacial score (nSPS) is 11.7. The van der Waals surface area contributed by atoms with E-state index in [1.807, 2.05) is 12.3 Å². The summed E-state index contributed by atoms with van der Waals surface area (Å²) in [6.07, 6.45) is 3.69. The third kappa shape index (κ3) is 3.64. The van der Waals surface area contributed by atoms with Gasteiger partial charge in [0, 0.05) is 25.1 Å². The lowest BCUT2D eigenvalue weighted by molar-refractivity contribution is 0.174. The Morgan fingerprint density at radius 2 is 2.13 bits per heavy atom. The average molecular weight is 225 g/mol. The van der Waals surface area contributed by atoms with Crippen molar-refractivity contribution in [3.63, 3.8) is 0 Å². The minimum atomic E-state index is -1.53. The molecule has 0 unspecified atom stereocenters. The molecule has 4 heteroatoms. The molecule has 84 valence electrons. The number of nitrogens with one attached hydrogen (secondary N) is 1. The van der Waals surface area contributed by atoms with Crippen LogP contribution in [0.25, 0.3) is 0 Å². The van der Waals surface area contributed by atoms with E-state index in [-0.39, 0.29) is 5.56 Å². The fourth-order valence-corrected chi connectivity index (χ4v) is 3.21. The average Bonchev–Trinajstić information content (AvgIpc) is 2.18. The topological polar surface area (TPSA) is 42.1 Å².